The lowest BCUT2D eigenvalue weighted by atomic mass is 10.1. The van der Waals surface area contributed by atoms with Crippen LogP contribution >= 0.6 is 11.3 Å². The first-order valence-electron chi connectivity index (χ1n) is 9.10. The van der Waals surface area contributed by atoms with Crippen LogP contribution < -0.4 is 0 Å². The van der Waals surface area contributed by atoms with E-state index >= 15 is 0 Å². The normalized spacial score (nSPS) is 22.1. The van der Waals surface area contributed by atoms with Gasteiger partial charge in [0.25, 0.3) is 5.91 Å². The van der Waals surface area contributed by atoms with Crippen molar-refractivity contribution in [3.63, 3.8) is 0 Å². The fourth-order valence-electron chi connectivity index (χ4n) is 4.04. The Labute approximate surface area is 157 Å². The molecule has 26 heavy (non-hydrogen) atoms. The average molecular weight is 372 g/mol. The maximum atomic E-state index is 13.1. The molecule has 2 aliphatic heterocycles. The summed E-state index contributed by atoms with van der Waals surface area (Å²) in [5.74, 6) is 0.544. The highest BCUT2D eigenvalue weighted by Gasteiger charge is 2.46. The molecule has 0 radical (unpaired) electrons. The molecule has 138 valence electrons. The van der Waals surface area contributed by atoms with E-state index in [1.807, 2.05) is 40.4 Å². The van der Waals surface area contributed by atoms with Crippen LogP contribution in [-0.4, -0.2) is 50.3 Å². The number of fused-ring (bicyclic) bond motifs is 3. The molecule has 0 saturated carbocycles. The summed E-state index contributed by atoms with van der Waals surface area (Å²) < 4.78 is 2.05. The Balaban J connectivity index is 1.63. The van der Waals surface area contributed by atoms with E-state index in [2.05, 4.69) is 23.4 Å². The third-order valence-electron chi connectivity index (χ3n) is 5.21. The van der Waals surface area contributed by atoms with Gasteiger partial charge in [-0.1, -0.05) is 13.8 Å². The van der Waals surface area contributed by atoms with Gasteiger partial charge in [-0.15, -0.1) is 11.3 Å². The van der Waals surface area contributed by atoms with E-state index in [0.717, 1.165) is 10.7 Å². The fourth-order valence-corrected chi connectivity index (χ4v) is 4.64. The highest BCUT2D eigenvalue weighted by molar-refractivity contribution is 7.09. The van der Waals surface area contributed by atoms with Gasteiger partial charge in [0, 0.05) is 31.1 Å². The van der Waals surface area contributed by atoms with Crippen LogP contribution in [0.3, 0.4) is 0 Å². The van der Waals surface area contributed by atoms with E-state index < -0.39 is 0 Å². The number of likely N-dealkylation sites (tertiary alicyclic amines) is 1. The van der Waals surface area contributed by atoms with Gasteiger partial charge >= 0.3 is 0 Å². The minimum atomic E-state index is 0.000480. The largest absolute Gasteiger partial charge is 0.338 e. The van der Waals surface area contributed by atoms with Crippen molar-refractivity contribution in [2.24, 2.45) is 5.92 Å². The first-order valence-corrected chi connectivity index (χ1v) is 9.98. The number of carbonyl (C=O) groups is 2. The molecule has 2 aliphatic rings. The molecular weight excluding hydrogens is 348 g/mol. The summed E-state index contributed by atoms with van der Waals surface area (Å²) in [5.41, 5.74) is 1.63. The number of aromatic nitrogens is 2. The average Bonchev–Trinajstić information content (AvgIpc) is 3.29. The second-order valence-electron chi connectivity index (χ2n) is 7.62. The monoisotopic (exact) mass is 372 g/mol. The van der Waals surface area contributed by atoms with Gasteiger partial charge in [0.15, 0.2) is 0 Å². The molecule has 7 heteroatoms. The molecule has 4 rings (SSSR count). The second-order valence-corrected chi connectivity index (χ2v) is 8.69. The van der Waals surface area contributed by atoms with Crippen molar-refractivity contribution in [1.29, 1.82) is 0 Å². The minimum Gasteiger partial charge on any atom is -0.338 e. The minimum absolute atomic E-state index is 0.000480. The van der Waals surface area contributed by atoms with Crippen molar-refractivity contribution >= 4 is 23.2 Å². The summed E-state index contributed by atoms with van der Waals surface area (Å²) >= 11 is 1.60. The fraction of sp³-hybridized carbons (Fsp3) is 0.526. The summed E-state index contributed by atoms with van der Waals surface area (Å²) in [5, 5.41) is 3.02. The number of hydrogen-bond donors (Lipinski definition) is 0. The van der Waals surface area contributed by atoms with Crippen molar-refractivity contribution in [1.82, 2.24) is 19.4 Å². The summed E-state index contributed by atoms with van der Waals surface area (Å²) in [6, 6.07) is 3.91. The van der Waals surface area contributed by atoms with Crippen LogP contribution in [0.2, 0.25) is 0 Å². The lowest BCUT2D eigenvalue weighted by Crippen LogP contribution is -2.50. The number of aryl methyl sites for hydroxylation is 1. The number of amides is 2. The number of nitrogens with zero attached hydrogens (tertiary/aromatic N) is 4. The number of hydrogen-bond acceptors (Lipinski definition) is 4. The predicted octanol–water partition coefficient (Wildman–Crippen LogP) is 2.71. The molecule has 0 aromatic carbocycles. The van der Waals surface area contributed by atoms with E-state index in [-0.39, 0.29) is 23.9 Å². The molecule has 2 atom stereocenters. The van der Waals surface area contributed by atoms with E-state index in [4.69, 9.17) is 0 Å². The molecule has 2 unspecified atom stereocenters. The van der Waals surface area contributed by atoms with Crippen LogP contribution in [0.15, 0.2) is 23.7 Å². The van der Waals surface area contributed by atoms with Gasteiger partial charge in [0.1, 0.15) is 5.69 Å². The molecule has 2 amide bonds. The zero-order valence-electron chi connectivity index (χ0n) is 15.4. The maximum Gasteiger partial charge on any atom is 0.271 e. The van der Waals surface area contributed by atoms with Crippen molar-refractivity contribution in [2.75, 3.05) is 13.1 Å². The summed E-state index contributed by atoms with van der Waals surface area (Å²) in [7, 11) is 0. The second kappa shape index (κ2) is 6.54. The number of rotatable bonds is 4. The van der Waals surface area contributed by atoms with E-state index in [0.29, 0.717) is 37.7 Å². The molecular formula is C19H24N4O2S. The summed E-state index contributed by atoms with van der Waals surface area (Å²) in [6.07, 6.45) is 2.52. The number of thiazole rings is 1. The van der Waals surface area contributed by atoms with Gasteiger partial charge in [-0.25, -0.2) is 4.98 Å². The molecule has 0 spiro atoms. The van der Waals surface area contributed by atoms with Crippen molar-refractivity contribution < 1.29 is 9.59 Å². The maximum absolute atomic E-state index is 13.1. The van der Waals surface area contributed by atoms with Crippen LogP contribution in [0, 0.1) is 12.8 Å². The van der Waals surface area contributed by atoms with E-state index in [9.17, 15) is 9.59 Å². The predicted molar refractivity (Wildman–Crippen MR) is 100 cm³/mol. The highest BCUT2D eigenvalue weighted by Crippen LogP contribution is 2.35. The highest BCUT2D eigenvalue weighted by atomic mass is 32.1. The standard InChI is InChI=1S/C19H24N4O2S/c1-12(2)7-18(24)21-9-16-17(10-21)23(8-14-11-26-13(3)20-14)19(25)15-5-4-6-22(15)16/h4-6,11-12,16-17H,7-10H2,1-3H3. The molecule has 4 heterocycles. The van der Waals surface area contributed by atoms with Crippen LogP contribution in [0.1, 0.15) is 47.5 Å². The molecule has 1 saturated heterocycles. The molecule has 1 fully saturated rings. The smallest absolute Gasteiger partial charge is 0.271 e. The topological polar surface area (TPSA) is 58.4 Å². The Kier molecular flexibility index (Phi) is 4.34. The SMILES string of the molecule is Cc1nc(CN2C(=O)c3cccn3C3CN(C(=O)CC(C)C)CC32)cs1. The van der Waals surface area contributed by atoms with Gasteiger partial charge in [0.05, 0.1) is 29.3 Å². The quantitative estimate of drug-likeness (QED) is 0.829. The third kappa shape index (κ3) is 2.94. The summed E-state index contributed by atoms with van der Waals surface area (Å²) in [4.78, 5) is 34.0. The first kappa shape index (κ1) is 17.3. The van der Waals surface area contributed by atoms with Crippen LogP contribution in [0.5, 0.6) is 0 Å². The van der Waals surface area contributed by atoms with E-state index in [1.54, 1.807) is 11.3 Å². The Morgan fingerprint density at radius 3 is 2.81 bits per heavy atom. The van der Waals surface area contributed by atoms with Crippen molar-refractivity contribution in [3.8, 4) is 0 Å². The zero-order valence-corrected chi connectivity index (χ0v) is 16.2. The lowest BCUT2D eigenvalue weighted by Gasteiger charge is -2.37. The van der Waals surface area contributed by atoms with Gasteiger partial charge in [-0.3, -0.25) is 9.59 Å². The Morgan fingerprint density at radius 1 is 1.35 bits per heavy atom. The van der Waals surface area contributed by atoms with Gasteiger partial charge in [-0.2, -0.15) is 0 Å². The molecule has 0 aliphatic carbocycles. The van der Waals surface area contributed by atoms with Crippen LogP contribution in [0.4, 0.5) is 0 Å². The Morgan fingerprint density at radius 2 is 2.12 bits per heavy atom. The lowest BCUT2D eigenvalue weighted by molar-refractivity contribution is -0.131. The van der Waals surface area contributed by atoms with Gasteiger partial charge < -0.3 is 14.4 Å². The van der Waals surface area contributed by atoms with Crippen molar-refractivity contribution in [2.45, 2.75) is 45.8 Å². The van der Waals surface area contributed by atoms with Gasteiger partial charge in [0.2, 0.25) is 5.91 Å². The molecule has 2 aromatic rings. The van der Waals surface area contributed by atoms with Crippen LogP contribution in [-0.2, 0) is 11.3 Å². The molecule has 6 nitrogen and oxygen atoms in total. The number of carbonyl (C=O) groups excluding carboxylic acids is 2. The molecule has 2 aromatic heterocycles. The van der Waals surface area contributed by atoms with Crippen LogP contribution in [0.25, 0.3) is 0 Å². The molecule has 0 bridgehead atoms. The summed E-state index contributed by atoms with van der Waals surface area (Å²) in [6.45, 7) is 7.86. The van der Waals surface area contributed by atoms with E-state index in [1.165, 1.54) is 0 Å². The Bertz CT molecular complexity index is 840. The van der Waals surface area contributed by atoms with Crippen molar-refractivity contribution in [3.05, 3.63) is 40.1 Å². The third-order valence-corrected chi connectivity index (χ3v) is 6.03. The first-order chi connectivity index (χ1) is 12.4. The molecule has 0 N–H and O–H groups in total. The zero-order chi connectivity index (χ0) is 18.4. The van der Waals surface area contributed by atoms with Gasteiger partial charge in [-0.05, 0) is 25.0 Å². The Hall–Kier alpha value is -2.15.